The first-order chi connectivity index (χ1) is 12.1. The maximum absolute atomic E-state index is 13.7. The fourth-order valence-electron chi connectivity index (χ4n) is 2.35. The zero-order valence-corrected chi connectivity index (χ0v) is 14.8. The highest BCUT2D eigenvalue weighted by molar-refractivity contribution is 7.22. The van der Waals surface area contributed by atoms with Crippen molar-refractivity contribution in [2.75, 3.05) is 30.4 Å². The lowest BCUT2D eigenvalue weighted by Crippen LogP contribution is -2.29. The summed E-state index contributed by atoms with van der Waals surface area (Å²) in [6.07, 6.45) is 0. The Labute approximate surface area is 149 Å². The van der Waals surface area contributed by atoms with Crippen LogP contribution in [0.5, 0.6) is 5.75 Å². The zero-order chi connectivity index (χ0) is 17.8. The summed E-state index contributed by atoms with van der Waals surface area (Å²) >= 11 is 1.35. The van der Waals surface area contributed by atoms with Gasteiger partial charge in [0.1, 0.15) is 17.1 Å². The molecule has 1 amide bonds. The molecule has 1 heterocycles. The second kappa shape index (κ2) is 7.48. The molecule has 2 aromatic carbocycles. The molecule has 0 aliphatic rings. The molecule has 0 bridgehead atoms. The molecule has 1 N–H and O–H groups in total. The van der Waals surface area contributed by atoms with Crippen LogP contribution in [0.15, 0.2) is 42.5 Å². The first-order valence-corrected chi connectivity index (χ1v) is 8.67. The number of anilines is 2. The van der Waals surface area contributed by atoms with Crippen molar-refractivity contribution in [3.63, 3.8) is 0 Å². The summed E-state index contributed by atoms with van der Waals surface area (Å²) in [5, 5.41) is 3.42. The van der Waals surface area contributed by atoms with Crippen LogP contribution < -0.4 is 15.0 Å². The zero-order valence-electron chi connectivity index (χ0n) is 14.0. The number of likely N-dealkylation sites (N-methyl/N-ethyl adjacent to an activating group) is 1. The van der Waals surface area contributed by atoms with Crippen LogP contribution in [0.3, 0.4) is 0 Å². The molecule has 0 aliphatic carbocycles. The number of carbonyl (C=O) groups excluding carboxylic acids is 1. The molecular formula is C18H18FN3O2S. The van der Waals surface area contributed by atoms with Crippen molar-refractivity contribution >= 4 is 38.3 Å². The smallest absolute Gasteiger partial charge is 0.243 e. The summed E-state index contributed by atoms with van der Waals surface area (Å²) in [6.45, 7) is 2.63. The topological polar surface area (TPSA) is 54.5 Å². The van der Waals surface area contributed by atoms with Gasteiger partial charge in [0.2, 0.25) is 5.91 Å². The van der Waals surface area contributed by atoms with E-state index in [9.17, 15) is 9.18 Å². The number of aromatic nitrogens is 1. The van der Waals surface area contributed by atoms with Crippen LogP contribution in [0.2, 0.25) is 0 Å². The first-order valence-electron chi connectivity index (χ1n) is 7.85. The van der Waals surface area contributed by atoms with E-state index in [0.717, 1.165) is 10.4 Å². The Bertz CT molecular complexity index is 880. The van der Waals surface area contributed by atoms with Gasteiger partial charge in [-0.15, -0.1) is 0 Å². The minimum absolute atomic E-state index is 0.120. The van der Waals surface area contributed by atoms with Crippen LogP contribution in [-0.2, 0) is 4.79 Å². The third-order valence-electron chi connectivity index (χ3n) is 3.51. The van der Waals surface area contributed by atoms with Crippen LogP contribution in [0, 0.1) is 5.82 Å². The average Bonchev–Trinajstić information content (AvgIpc) is 3.03. The Morgan fingerprint density at radius 1 is 1.28 bits per heavy atom. The number of para-hydroxylation sites is 1. The van der Waals surface area contributed by atoms with Gasteiger partial charge in [0.05, 0.1) is 17.9 Å². The monoisotopic (exact) mass is 359 g/mol. The Morgan fingerprint density at radius 2 is 2.04 bits per heavy atom. The molecule has 0 saturated carbocycles. The minimum Gasteiger partial charge on any atom is -0.494 e. The quantitative estimate of drug-likeness (QED) is 0.725. The molecule has 7 heteroatoms. The number of carbonyl (C=O) groups is 1. The van der Waals surface area contributed by atoms with E-state index in [1.807, 2.05) is 13.0 Å². The molecule has 0 atom stereocenters. The van der Waals surface area contributed by atoms with E-state index in [-0.39, 0.29) is 18.3 Å². The highest BCUT2D eigenvalue weighted by atomic mass is 32.1. The molecule has 1 aromatic heterocycles. The molecule has 5 nitrogen and oxygen atoms in total. The summed E-state index contributed by atoms with van der Waals surface area (Å²) in [4.78, 5) is 18.2. The number of nitrogens with one attached hydrogen (secondary N) is 1. The summed E-state index contributed by atoms with van der Waals surface area (Å²) in [6, 6.07) is 12.0. The lowest BCUT2D eigenvalue weighted by molar-refractivity contribution is -0.114. The summed E-state index contributed by atoms with van der Waals surface area (Å²) < 4.78 is 19.9. The second-order valence-electron chi connectivity index (χ2n) is 5.44. The fraction of sp³-hybridized carbons (Fsp3) is 0.222. The van der Waals surface area contributed by atoms with Crippen molar-refractivity contribution in [2.24, 2.45) is 0 Å². The molecule has 0 unspecified atom stereocenters. The number of hydrogen-bond donors (Lipinski definition) is 1. The van der Waals surface area contributed by atoms with Gasteiger partial charge >= 0.3 is 0 Å². The van der Waals surface area contributed by atoms with Gasteiger partial charge < -0.3 is 15.0 Å². The molecule has 0 radical (unpaired) electrons. The molecule has 3 rings (SSSR count). The molecule has 3 aromatic rings. The van der Waals surface area contributed by atoms with Crippen LogP contribution in [0.4, 0.5) is 15.2 Å². The van der Waals surface area contributed by atoms with Crippen molar-refractivity contribution in [1.29, 1.82) is 0 Å². The Morgan fingerprint density at radius 3 is 2.72 bits per heavy atom. The number of benzene rings is 2. The first kappa shape index (κ1) is 17.2. The molecule has 0 fully saturated rings. The number of amides is 1. The van der Waals surface area contributed by atoms with E-state index in [1.165, 1.54) is 17.4 Å². The highest BCUT2D eigenvalue weighted by Crippen LogP contribution is 2.29. The Hall–Kier alpha value is -2.67. The van der Waals surface area contributed by atoms with Gasteiger partial charge in [-0.25, -0.2) is 9.37 Å². The van der Waals surface area contributed by atoms with Gasteiger partial charge in [0.15, 0.2) is 5.13 Å². The number of halogens is 1. The molecule has 25 heavy (non-hydrogen) atoms. The number of rotatable bonds is 6. The fourth-order valence-corrected chi connectivity index (χ4v) is 3.29. The van der Waals surface area contributed by atoms with E-state index in [0.29, 0.717) is 22.9 Å². The Kier molecular flexibility index (Phi) is 5.14. The van der Waals surface area contributed by atoms with E-state index >= 15 is 0 Å². The summed E-state index contributed by atoms with van der Waals surface area (Å²) in [5.74, 6) is 0.229. The number of nitrogens with zero attached hydrogens (tertiary/aromatic N) is 2. The molecule has 0 aliphatic heterocycles. The number of thiazole rings is 1. The van der Waals surface area contributed by atoms with E-state index < -0.39 is 0 Å². The van der Waals surface area contributed by atoms with Crippen molar-refractivity contribution in [3.05, 3.63) is 48.3 Å². The van der Waals surface area contributed by atoms with Gasteiger partial charge in [-0.1, -0.05) is 17.4 Å². The van der Waals surface area contributed by atoms with Gasteiger partial charge in [-0.2, -0.15) is 0 Å². The summed E-state index contributed by atoms with van der Waals surface area (Å²) in [7, 11) is 1.76. The van der Waals surface area contributed by atoms with Crippen molar-refractivity contribution in [1.82, 2.24) is 4.98 Å². The van der Waals surface area contributed by atoms with E-state index in [1.54, 1.807) is 42.3 Å². The lowest BCUT2D eigenvalue weighted by Gasteiger charge is -2.15. The van der Waals surface area contributed by atoms with Crippen LogP contribution in [-0.4, -0.2) is 31.1 Å². The number of fused-ring (bicyclic) bond motifs is 1. The molecular weight excluding hydrogens is 341 g/mol. The SMILES string of the molecule is CCOc1ccc(NC(=O)CN(C)c2nc3c(F)cccc3s2)cc1. The average molecular weight is 359 g/mol. The van der Waals surface area contributed by atoms with Crippen LogP contribution in [0.25, 0.3) is 10.2 Å². The Balaban J connectivity index is 1.64. The van der Waals surface area contributed by atoms with Gasteiger partial charge in [-0.05, 0) is 43.3 Å². The van der Waals surface area contributed by atoms with Crippen LogP contribution >= 0.6 is 11.3 Å². The highest BCUT2D eigenvalue weighted by Gasteiger charge is 2.14. The summed E-state index contributed by atoms with van der Waals surface area (Å²) in [5.41, 5.74) is 1.03. The van der Waals surface area contributed by atoms with Crippen molar-refractivity contribution in [2.45, 2.75) is 6.92 Å². The second-order valence-corrected chi connectivity index (χ2v) is 6.45. The molecule has 0 saturated heterocycles. The van der Waals surface area contributed by atoms with Gasteiger partial charge in [0.25, 0.3) is 0 Å². The third kappa shape index (κ3) is 4.06. The maximum atomic E-state index is 13.7. The predicted molar refractivity (Wildman–Crippen MR) is 99.1 cm³/mol. The normalized spacial score (nSPS) is 10.7. The maximum Gasteiger partial charge on any atom is 0.243 e. The van der Waals surface area contributed by atoms with Crippen LogP contribution in [0.1, 0.15) is 6.92 Å². The minimum atomic E-state index is -0.354. The predicted octanol–water partition coefficient (Wildman–Crippen LogP) is 3.91. The number of hydrogen-bond acceptors (Lipinski definition) is 5. The molecule has 130 valence electrons. The van der Waals surface area contributed by atoms with Crippen molar-refractivity contribution < 1.29 is 13.9 Å². The van der Waals surface area contributed by atoms with E-state index in [2.05, 4.69) is 10.3 Å². The largest absolute Gasteiger partial charge is 0.494 e. The third-order valence-corrected chi connectivity index (χ3v) is 4.65. The molecule has 0 spiro atoms. The van der Waals surface area contributed by atoms with Gasteiger partial charge in [0, 0.05) is 12.7 Å². The van der Waals surface area contributed by atoms with Crippen molar-refractivity contribution in [3.8, 4) is 5.75 Å². The van der Waals surface area contributed by atoms with Gasteiger partial charge in [-0.3, -0.25) is 4.79 Å². The standard InChI is InChI=1S/C18H18FN3O2S/c1-3-24-13-9-7-12(8-10-13)20-16(23)11-22(2)18-21-17-14(19)5-4-6-15(17)25-18/h4-10H,3,11H2,1-2H3,(H,20,23). The number of ether oxygens (including phenoxy) is 1. The van der Waals surface area contributed by atoms with E-state index in [4.69, 9.17) is 4.74 Å². The lowest BCUT2D eigenvalue weighted by atomic mass is 10.3.